The Labute approximate surface area is 146 Å². The van der Waals surface area contributed by atoms with Gasteiger partial charge in [0, 0.05) is 30.9 Å². The van der Waals surface area contributed by atoms with E-state index < -0.39 is 0 Å². The normalized spacial score (nSPS) is 21.4. The summed E-state index contributed by atoms with van der Waals surface area (Å²) in [5, 5.41) is 2.03. The number of nitrogens with one attached hydrogen (secondary N) is 2. The van der Waals surface area contributed by atoms with Gasteiger partial charge in [-0.25, -0.2) is 9.99 Å². The molecule has 2 aromatic heterocycles. The van der Waals surface area contributed by atoms with Crippen LogP contribution < -0.4 is 5.43 Å². The van der Waals surface area contributed by atoms with Gasteiger partial charge in [-0.3, -0.25) is 15.2 Å². The highest BCUT2D eigenvalue weighted by Gasteiger charge is 2.32. The Hall–Kier alpha value is -2.73. The minimum absolute atomic E-state index is 0.0909. The van der Waals surface area contributed by atoms with Gasteiger partial charge in [0.05, 0.1) is 17.1 Å². The molecule has 2 unspecified atom stereocenters. The number of hydrazine groups is 1. The third-order valence-corrected chi connectivity index (χ3v) is 4.79. The third-order valence-electron chi connectivity index (χ3n) is 4.79. The number of imidazole rings is 1. The molecule has 0 aliphatic carbocycles. The van der Waals surface area contributed by atoms with E-state index in [2.05, 4.69) is 46.4 Å². The lowest BCUT2D eigenvalue weighted by Crippen LogP contribution is -2.51. The Balaban J connectivity index is 1.72. The quantitative estimate of drug-likeness (QED) is 0.771. The zero-order chi connectivity index (χ0) is 17.4. The number of rotatable bonds is 3. The van der Waals surface area contributed by atoms with Crippen molar-refractivity contribution in [3.05, 3.63) is 48.3 Å². The maximum absolute atomic E-state index is 11.8. The summed E-state index contributed by atoms with van der Waals surface area (Å²) in [5.74, 6) is 1.19. The highest BCUT2D eigenvalue weighted by atomic mass is 16.2. The van der Waals surface area contributed by atoms with Crippen molar-refractivity contribution in [1.82, 2.24) is 25.4 Å². The highest BCUT2D eigenvalue weighted by Crippen LogP contribution is 2.34. The van der Waals surface area contributed by atoms with Gasteiger partial charge in [-0.1, -0.05) is 19.9 Å². The summed E-state index contributed by atoms with van der Waals surface area (Å²) in [5.41, 5.74) is 7.13. The van der Waals surface area contributed by atoms with E-state index in [9.17, 15) is 4.79 Å². The molecule has 0 bridgehead atoms. The zero-order valence-corrected chi connectivity index (χ0v) is 14.4. The van der Waals surface area contributed by atoms with E-state index in [1.165, 1.54) is 5.56 Å². The number of carbonyl (C=O) groups is 1. The SMILES string of the molecule is CCN1NC(=O)CC(C)C1c1ccc2nc(-c3ccncc3)[nH]c2c1. The van der Waals surface area contributed by atoms with Crippen LogP contribution in [0.5, 0.6) is 0 Å². The molecule has 3 aromatic rings. The summed E-state index contributed by atoms with van der Waals surface area (Å²) in [6.45, 7) is 4.96. The van der Waals surface area contributed by atoms with Crippen LogP contribution in [0.3, 0.4) is 0 Å². The van der Waals surface area contributed by atoms with Crippen molar-refractivity contribution in [3.63, 3.8) is 0 Å². The van der Waals surface area contributed by atoms with Crippen LogP contribution in [-0.4, -0.2) is 32.4 Å². The highest BCUT2D eigenvalue weighted by molar-refractivity contribution is 5.80. The number of amides is 1. The molecule has 128 valence electrons. The molecule has 1 aliphatic heterocycles. The van der Waals surface area contributed by atoms with Crippen molar-refractivity contribution in [3.8, 4) is 11.4 Å². The number of fused-ring (bicyclic) bond motifs is 1. The summed E-state index contributed by atoms with van der Waals surface area (Å²) in [6.07, 6.45) is 4.07. The van der Waals surface area contributed by atoms with Gasteiger partial charge in [-0.2, -0.15) is 0 Å². The molecule has 6 nitrogen and oxygen atoms in total. The molecule has 2 atom stereocenters. The third kappa shape index (κ3) is 2.89. The van der Waals surface area contributed by atoms with Crippen molar-refractivity contribution >= 4 is 16.9 Å². The number of hydrogen-bond donors (Lipinski definition) is 2. The van der Waals surface area contributed by atoms with E-state index in [1.807, 2.05) is 23.2 Å². The van der Waals surface area contributed by atoms with Crippen LogP contribution in [0.2, 0.25) is 0 Å². The number of aromatic nitrogens is 3. The summed E-state index contributed by atoms with van der Waals surface area (Å²) in [4.78, 5) is 23.9. The topological polar surface area (TPSA) is 73.9 Å². The summed E-state index contributed by atoms with van der Waals surface area (Å²) < 4.78 is 0. The minimum atomic E-state index is 0.0909. The molecule has 1 aromatic carbocycles. The summed E-state index contributed by atoms with van der Waals surface area (Å²) >= 11 is 0. The molecule has 1 aliphatic rings. The van der Waals surface area contributed by atoms with Crippen LogP contribution in [0.15, 0.2) is 42.7 Å². The second-order valence-corrected chi connectivity index (χ2v) is 6.55. The van der Waals surface area contributed by atoms with Gasteiger partial charge >= 0.3 is 0 Å². The van der Waals surface area contributed by atoms with E-state index in [-0.39, 0.29) is 17.9 Å². The van der Waals surface area contributed by atoms with E-state index >= 15 is 0 Å². The first kappa shape index (κ1) is 15.8. The molecule has 1 fully saturated rings. The number of aromatic amines is 1. The number of nitrogens with zero attached hydrogens (tertiary/aromatic N) is 3. The second kappa shape index (κ2) is 6.29. The summed E-state index contributed by atoms with van der Waals surface area (Å²) in [7, 11) is 0. The molecular formula is C19H21N5O. The minimum Gasteiger partial charge on any atom is -0.338 e. The molecule has 2 N–H and O–H groups in total. The van der Waals surface area contributed by atoms with Gasteiger partial charge in [0.15, 0.2) is 0 Å². The molecule has 4 rings (SSSR count). The Morgan fingerprint density at radius 3 is 2.80 bits per heavy atom. The van der Waals surface area contributed by atoms with E-state index in [0.717, 1.165) is 29.0 Å². The van der Waals surface area contributed by atoms with Gasteiger partial charge in [0.2, 0.25) is 5.91 Å². The Morgan fingerprint density at radius 2 is 2.04 bits per heavy atom. The first-order valence-corrected chi connectivity index (χ1v) is 8.62. The Kier molecular flexibility index (Phi) is 3.97. The van der Waals surface area contributed by atoms with Crippen LogP contribution in [0.25, 0.3) is 22.4 Å². The van der Waals surface area contributed by atoms with Crippen LogP contribution in [0, 0.1) is 5.92 Å². The average Bonchev–Trinajstić information content (AvgIpc) is 3.05. The largest absolute Gasteiger partial charge is 0.338 e. The van der Waals surface area contributed by atoms with E-state index in [0.29, 0.717) is 6.42 Å². The smallest absolute Gasteiger partial charge is 0.234 e. The second-order valence-electron chi connectivity index (χ2n) is 6.55. The van der Waals surface area contributed by atoms with Crippen molar-refractivity contribution < 1.29 is 4.79 Å². The van der Waals surface area contributed by atoms with Crippen molar-refractivity contribution in [2.24, 2.45) is 5.92 Å². The van der Waals surface area contributed by atoms with E-state index in [1.54, 1.807) is 12.4 Å². The summed E-state index contributed by atoms with van der Waals surface area (Å²) in [6, 6.07) is 10.4. The monoisotopic (exact) mass is 335 g/mol. The molecule has 0 spiro atoms. The van der Waals surface area contributed by atoms with Crippen LogP contribution >= 0.6 is 0 Å². The lowest BCUT2D eigenvalue weighted by molar-refractivity contribution is -0.134. The Bertz CT molecular complexity index is 905. The molecule has 1 amide bonds. The van der Waals surface area contributed by atoms with Gasteiger partial charge in [-0.15, -0.1) is 0 Å². The average molecular weight is 335 g/mol. The van der Waals surface area contributed by atoms with Gasteiger partial charge in [0.1, 0.15) is 5.82 Å². The number of carbonyl (C=O) groups excluding carboxylic acids is 1. The van der Waals surface area contributed by atoms with Crippen molar-refractivity contribution in [1.29, 1.82) is 0 Å². The lowest BCUT2D eigenvalue weighted by atomic mass is 9.89. The maximum atomic E-state index is 11.8. The lowest BCUT2D eigenvalue weighted by Gasteiger charge is -2.39. The van der Waals surface area contributed by atoms with Gasteiger partial charge in [-0.05, 0) is 35.7 Å². The first-order chi connectivity index (χ1) is 12.2. The fourth-order valence-corrected chi connectivity index (χ4v) is 3.63. The van der Waals surface area contributed by atoms with Gasteiger partial charge < -0.3 is 4.98 Å². The van der Waals surface area contributed by atoms with Crippen LogP contribution in [0.1, 0.15) is 31.9 Å². The number of benzene rings is 1. The Morgan fingerprint density at radius 1 is 1.24 bits per heavy atom. The first-order valence-electron chi connectivity index (χ1n) is 8.62. The molecule has 1 saturated heterocycles. The fraction of sp³-hybridized carbons (Fsp3) is 0.316. The number of hydrogen-bond acceptors (Lipinski definition) is 4. The van der Waals surface area contributed by atoms with Crippen molar-refractivity contribution in [2.75, 3.05) is 6.54 Å². The molecule has 0 radical (unpaired) electrons. The molecule has 3 heterocycles. The zero-order valence-electron chi connectivity index (χ0n) is 14.4. The molecular weight excluding hydrogens is 314 g/mol. The number of pyridine rings is 1. The predicted molar refractivity (Wildman–Crippen MR) is 96.4 cm³/mol. The number of H-pyrrole nitrogens is 1. The van der Waals surface area contributed by atoms with Gasteiger partial charge in [0.25, 0.3) is 0 Å². The fourth-order valence-electron chi connectivity index (χ4n) is 3.63. The maximum Gasteiger partial charge on any atom is 0.234 e. The van der Waals surface area contributed by atoms with E-state index in [4.69, 9.17) is 0 Å². The molecule has 25 heavy (non-hydrogen) atoms. The molecule has 6 heteroatoms. The van der Waals surface area contributed by atoms with Crippen LogP contribution in [0.4, 0.5) is 0 Å². The van der Waals surface area contributed by atoms with Crippen LogP contribution in [-0.2, 0) is 4.79 Å². The standard InChI is InChI=1S/C19H21N5O/c1-3-24-18(12(2)10-17(25)23-24)14-4-5-15-16(11-14)22-19(21-15)13-6-8-20-9-7-13/h4-9,11-12,18H,3,10H2,1-2H3,(H,21,22)(H,23,25). The van der Waals surface area contributed by atoms with Crippen molar-refractivity contribution in [2.45, 2.75) is 26.3 Å². The molecule has 0 saturated carbocycles. The predicted octanol–water partition coefficient (Wildman–Crippen LogP) is 3.06.